The fraction of sp³-hybridized carbons (Fsp3) is 0.839. The van der Waals surface area contributed by atoms with Crippen LogP contribution in [0, 0.1) is 4.77 Å². The van der Waals surface area contributed by atoms with Gasteiger partial charge in [-0.2, -0.15) is 13.2 Å². The zero-order valence-electron chi connectivity index (χ0n) is 31.2. The molecule has 2 unspecified atom stereocenters. The minimum Gasteiger partial charge on any atom is -0.414 e. The lowest BCUT2D eigenvalue weighted by Crippen LogP contribution is -2.54. The summed E-state index contributed by atoms with van der Waals surface area (Å²) in [5.74, 6) is -2.06. The van der Waals surface area contributed by atoms with Gasteiger partial charge in [-0.1, -0.05) is 62.3 Å². The summed E-state index contributed by atoms with van der Waals surface area (Å²) in [6, 6.07) is 0. The Morgan fingerprint density at radius 2 is 1.34 bits per heavy atom. The highest BCUT2D eigenvalue weighted by Crippen LogP contribution is 2.46. The average Bonchev–Trinajstić information content (AvgIpc) is 3.16. The first-order valence-electron chi connectivity index (χ1n) is 16.1. The molecular formula is C31H58F3N3O6SSi3. The molecule has 0 aliphatic carbocycles. The molecule has 0 radical (unpaired) electrons. The molecule has 1 aromatic rings. The lowest BCUT2D eigenvalue weighted by Gasteiger charge is -2.44. The Hall–Kier alpha value is -1.15. The molecule has 0 aromatic carbocycles. The molecule has 1 N–H and O–H groups in total. The zero-order valence-corrected chi connectivity index (χ0v) is 35.0. The number of hydrogen-bond acceptors (Lipinski definition) is 7. The highest BCUT2D eigenvalue weighted by molar-refractivity contribution is 7.71. The zero-order chi connectivity index (χ0) is 36.9. The van der Waals surface area contributed by atoms with Crippen molar-refractivity contribution in [2.45, 2.75) is 154 Å². The fourth-order valence-corrected chi connectivity index (χ4v) is 8.12. The first-order valence-corrected chi connectivity index (χ1v) is 25.2. The molecule has 9 nitrogen and oxygen atoms in total. The third kappa shape index (κ3) is 9.76. The molecule has 0 saturated carbocycles. The first-order chi connectivity index (χ1) is 20.7. The molecule has 0 spiro atoms. The van der Waals surface area contributed by atoms with E-state index in [1.54, 1.807) is 0 Å². The number of alkyl halides is 3. The van der Waals surface area contributed by atoms with Crippen molar-refractivity contribution in [3.63, 3.8) is 0 Å². The average molecular weight is 742 g/mol. The van der Waals surface area contributed by atoms with Gasteiger partial charge in [0.25, 0.3) is 5.56 Å². The lowest BCUT2D eigenvalue weighted by molar-refractivity contribution is -0.184. The number of aromatic amines is 1. The van der Waals surface area contributed by atoms with E-state index < -0.39 is 73.7 Å². The van der Waals surface area contributed by atoms with Gasteiger partial charge >= 0.3 is 12.1 Å². The Labute approximate surface area is 287 Å². The molecule has 4 atom stereocenters. The van der Waals surface area contributed by atoms with E-state index >= 15 is 0 Å². The van der Waals surface area contributed by atoms with E-state index in [2.05, 4.69) is 107 Å². The van der Waals surface area contributed by atoms with Gasteiger partial charge in [0.2, 0.25) is 0 Å². The Kier molecular flexibility index (Phi) is 12.4. The predicted molar refractivity (Wildman–Crippen MR) is 190 cm³/mol. The van der Waals surface area contributed by atoms with Gasteiger partial charge in [0.1, 0.15) is 18.3 Å². The largest absolute Gasteiger partial charge is 0.471 e. The van der Waals surface area contributed by atoms with E-state index in [-0.39, 0.29) is 32.1 Å². The summed E-state index contributed by atoms with van der Waals surface area (Å²) < 4.78 is 68.8. The Morgan fingerprint density at radius 3 is 1.77 bits per heavy atom. The third-order valence-electron chi connectivity index (χ3n) is 10.5. The van der Waals surface area contributed by atoms with Crippen LogP contribution in [0.15, 0.2) is 11.0 Å². The molecular weight excluding hydrogens is 684 g/mol. The van der Waals surface area contributed by atoms with E-state index in [0.29, 0.717) is 4.90 Å². The Morgan fingerprint density at radius 1 is 0.894 bits per heavy atom. The molecule has 2 heterocycles. The second-order valence-electron chi connectivity index (χ2n) is 17.3. The Balaban J connectivity index is 2.78. The summed E-state index contributed by atoms with van der Waals surface area (Å²) in [7, 11) is -6.18. The van der Waals surface area contributed by atoms with Crippen molar-refractivity contribution >= 4 is 43.1 Å². The van der Waals surface area contributed by atoms with Gasteiger partial charge in [-0.25, -0.2) is 0 Å². The van der Waals surface area contributed by atoms with Crippen molar-refractivity contribution in [1.29, 1.82) is 0 Å². The van der Waals surface area contributed by atoms with E-state index in [9.17, 15) is 22.8 Å². The molecule has 16 heteroatoms. The summed E-state index contributed by atoms with van der Waals surface area (Å²) in [5, 5.41) is -0.393. The van der Waals surface area contributed by atoms with Crippen LogP contribution in [0.4, 0.5) is 13.2 Å². The van der Waals surface area contributed by atoms with Crippen molar-refractivity contribution < 1.29 is 36.0 Å². The van der Waals surface area contributed by atoms with Crippen molar-refractivity contribution in [1.82, 2.24) is 14.5 Å². The van der Waals surface area contributed by atoms with Crippen LogP contribution in [-0.2, 0) is 29.4 Å². The number of carbonyl (C=O) groups excluding carboxylic acids is 1. The molecule has 1 saturated heterocycles. The summed E-state index contributed by atoms with van der Waals surface area (Å²) in [6.07, 6.45) is -6.47. The number of aromatic nitrogens is 2. The molecule has 1 amide bonds. The molecule has 1 aliphatic rings. The smallest absolute Gasteiger partial charge is 0.414 e. The SMILES string of the molecule is CN(Cc1cn([C@@H]2O[C@H](CO[Si](C)(C)C(C)(C)C)C(O[Si](C)(C)C(C)(C)C)C2O[Si](C)(C)C(C)(C)C)c(=S)[nH]c1=O)C(=O)C(F)(F)F. The number of halogens is 3. The number of rotatable bonds is 10. The van der Waals surface area contributed by atoms with Crippen LogP contribution in [-0.4, -0.2) is 83.5 Å². The monoisotopic (exact) mass is 741 g/mol. The van der Waals surface area contributed by atoms with E-state index in [4.69, 9.17) is 30.2 Å². The summed E-state index contributed by atoms with van der Waals surface area (Å²) in [6.45, 7) is 31.9. The van der Waals surface area contributed by atoms with Gasteiger partial charge in [-0.05, 0) is 66.6 Å². The lowest BCUT2D eigenvalue weighted by atomic mass is 10.1. The molecule has 1 aliphatic heterocycles. The molecule has 0 bridgehead atoms. The summed E-state index contributed by atoms with van der Waals surface area (Å²) in [5.41, 5.74) is -0.781. The van der Waals surface area contributed by atoms with Crippen LogP contribution in [0.5, 0.6) is 0 Å². The van der Waals surface area contributed by atoms with E-state index in [1.165, 1.54) is 10.8 Å². The second kappa shape index (κ2) is 13.9. The fourth-order valence-electron chi connectivity index (χ4n) is 4.25. The van der Waals surface area contributed by atoms with Crippen molar-refractivity contribution in [2.75, 3.05) is 13.7 Å². The molecule has 272 valence electrons. The molecule has 1 fully saturated rings. The number of H-pyrrole nitrogens is 1. The first kappa shape index (κ1) is 42.0. The van der Waals surface area contributed by atoms with Gasteiger partial charge in [0.05, 0.1) is 18.7 Å². The van der Waals surface area contributed by atoms with E-state index in [0.717, 1.165) is 7.05 Å². The normalized spacial score (nSPS) is 22.1. The van der Waals surface area contributed by atoms with Crippen molar-refractivity contribution in [3.8, 4) is 0 Å². The summed E-state index contributed by atoms with van der Waals surface area (Å²) in [4.78, 5) is 27.9. The third-order valence-corrected chi connectivity index (χ3v) is 24.2. The van der Waals surface area contributed by atoms with Crippen LogP contribution in [0.2, 0.25) is 54.4 Å². The van der Waals surface area contributed by atoms with Crippen LogP contribution < -0.4 is 5.56 Å². The van der Waals surface area contributed by atoms with Crippen LogP contribution in [0.25, 0.3) is 0 Å². The van der Waals surface area contributed by atoms with Gasteiger partial charge in [0.15, 0.2) is 36.0 Å². The summed E-state index contributed by atoms with van der Waals surface area (Å²) >= 11 is 5.61. The van der Waals surface area contributed by atoms with Gasteiger partial charge in [-0.3, -0.25) is 19.1 Å². The highest BCUT2D eigenvalue weighted by atomic mass is 32.1. The second-order valence-corrected chi connectivity index (χ2v) is 32.0. The number of ether oxygens (including phenoxy) is 1. The van der Waals surface area contributed by atoms with Crippen LogP contribution in [0.3, 0.4) is 0 Å². The maximum atomic E-state index is 13.2. The maximum Gasteiger partial charge on any atom is 0.471 e. The standard InChI is InChI=1S/C31H58F3N3O6SSi3/c1-28(2,3)45(11,12)40-19-21-22(42-46(13,14)29(4,5)6)23(43-47(15,16)30(7,8)9)25(41-21)37-18-20(24(38)35-27(37)44)17-36(10)26(39)31(32,33)34/h18,21-23,25H,17,19H2,1-16H3,(H,35,38,44)/t21-,22?,23?,25-/m1/s1. The minimum absolute atomic E-state index is 0.00873. The number of nitrogens with one attached hydrogen (secondary N) is 1. The van der Waals surface area contributed by atoms with Crippen LogP contribution >= 0.6 is 12.2 Å². The predicted octanol–water partition coefficient (Wildman–Crippen LogP) is 8.13. The molecule has 1 aromatic heterocycles. The number of nitrogens with zero attached hydrogens (tertiary/aromatic N) is 2. The molecule has 47 heavy (non-hydrogen) atoms. The number of hydrogen-bond donors (Lipinski definition) is 1. The minimum atomic E-state index is -5.09. The van der Waals surface area contributed by atoms with Gasteiger partial charge in [0, 0.05) is 13.2 Å². The van der Waals surface area contributed by atoms with Crippen molar-refractivity contribution in [2.24, 2.45) is 0 Å². The quantitative estimate of drug-likeness (QED) is 0.191. The van der Waals surface area contributed by atoms with E-state index in [1.807, 2.05) is 0 Å². The molecule has 2 rings (SSSR count). The number of carbonyl (C=O) groups is 1. The Bertz CT molecular complexity index is 1390. The van der Waals surface area contributed by atoms with Crippen LogP contribution in [0.1, 0.15) is 74.1 Å². The van der Waals surface area contributed by atoms with Crippen molar-refractivity contribution in [3.05, 3.63) is 26.9 Å². The highest BCUT2D eigenvalue weighted by Gasteiger charge is 2.55. The topological polar surface area (TPSA) is 95.0 Å². The maximum absolute atomic E-state index is 13.2. The van der Waals surface area contributed by atoms with Gasteiger partial charge in [-0.15, -0.1) is 0 Å². The van der Waals surface area contributed by atoms with Gasteiger partial charge < -0.3 is 22.9 Å². The number of amides is 1.